The SMILES string of the molecule is Cl.O=S(=O)(O)CC1CCNC1. The molecular formula is C5H12ClNO3S. The summed E-state index contributed by atoms with van der Waals surface area (Å²) in [6.07, 6.45) is 0.847. The zero-order valence-corrected chi connectivity index (χ0v) is 7.62. The van der Waals surface area contributed by atoms with Gasteiger partial charge in [-0.2, -0.15) is 8.42 Å². The smallest absolute Gasteiger partial charge is 0.265 e. The maximum Gasteiger partial charge on any atom is 0.265 e. The molecule has 1 aliphatic heterocycles. The zero-order valence-electron chi connectivity index (χ0n) is 5.99. The minimum Gasteiger partial charge on any atom is -0.316 e. The van der Waals surface area contributed by atoms with E-state index >= 15 is 0 Å². The van der Waals surface area contributed by atoms with Gasteiger partial charge in [0.1, 0.15) is 0 Å². The second kappa shape index (κ2) is 4.25. The summed E-state index contributed by atoms with van der Waals surface area (Å²) in [5.74, 6) is 0.00926. The van der Waals surface area contributed by atoms with E-state index in [1.54, 1.807) is 0 Å². The van der Waals surface area contributed by atoms with Crippen molar-refractivity contribution in [3.05, 3.63) is 0 Å². The molecule has 1 atom stereocenters. The largest absolute Gasteiger partial charge is 0.316 e. The van der Waals surface area contributed by atoms with Crippen molar-refractivity contribution in [3.8, 4) is 0 Å². The molecule has 1 aliphatic rings. The van der Waals surface area contributed by atoms with Crippen LogP contribution >= 0.6 is 12.4 Å². The lowest BCUT2D eigenvalue weighted by atomic mass is 10.2. The lowest BCUT2D eigenvalue weighted by Crippen LogP contribution is -2.17. The highest BCUT2D eigenvalue weighted by Gasteiger charge is 2.19. The number of hydrogen-bond acceptors (Lipinski definition) is 3. The van der Waals surface area contributed by atoms with Gasteiger partial charge in [0.15, 0.2) is 0 Å². The van der Waals surface area contributed by atoms with E-state index in [1.165, 1.54) is 0 Å². The molecule has 0 aliphatic carbocycles. The second-order valence-corrected chi connectivity index (χ2v) is 4.10. The molecular weight excluding hydrogens is 190 g/mol. The van der Waals surface area contributed by atoms with Crippen molar-refractivity contribution in [2.45, 2.75) is 6.42 Å². The maximum absolute atomic E-state index is 10.3. The van der Waals surface area contributed by atoms with Crippen LogP contribution in [-0.2, 0) is 10.1 Å². The monoisotopic (exact) mass is 201 g/mol. The molecule has 0 radical (unpaired) electrons. The lowest BCUT2D eigenvalue weighted by molar-refractivity contribution is 0.469. The van der Waals surface area contributed by atoms with Crippen LogP contribution in [0, 0.1) is 5.92 Å². The first-order valence-corrected chi connectivity index (χ1v) is 4.85. The van der Waals surface area contributed by atoms with Crippen molar-refractivity contribution in [1.29, 1.82) is 0 Å². The van der Waals surface area contributed by atoms with Crippen LogP contribution in [0.25, 0.3) is 0 Å². The Balaban J connectivity index is 0.000001000. The molecule has 0 aromatic rings. The fourth-order valence-corrected chi connectivity index (χ4v) is 2.03. The molecule has 0 aromatic heterocycles. The molecule has 0 amide bonds. The second-order valence-electron chi connectivity index (χ2n) is 2.61. The van der Waals surface area contributed by atoms with E-state index in [9.17, 15) is 8.42 Å². The molecule has 1 fully saturated rings. The minimum absolute atomic E-state index is 0. The Morgan fingerprint density at radius 3 is 2.55 bits per heavy atom. The van der Waals surface area contributed by atoms with Crippen molar-refractivity contribution in [3.63, 3.8) is 0 Å². The first-order chi connectivity index (χ1) is 4.58. The predicted octanol–water partition coefficient (Wildman–Crippen LogP) is -0.0945. The molecule has 1 saturated heterocycles. The van der Waals surface area contributed by atoms with Crippen molar-refractivity contribution in [1.82, 2.24) is 5.32 Å². The first kappa shape index (κ1) is 11.2. The molecule has 0 spiro atoms. The lowest BCUT2D eigenvalue weighted by Gasteiger charge is -2.02. The van der Waals surface area contributed by atoms with Crippen molar-refractivity contribution in [2.75, 3.05) is 18.8 Å². The third-order valence-corrected chi connectivity index (χ3v) is 2.50. The van der Waals surface area contributed by atoms with E-state index in [2.05, 4.69) is 5.32 Å². The first-order valence-electron chi connectivity index (χ1n) is 3.24. The topological polar surface area (TPSA) is 66.4 Å². The van der Waals surface area contributed by atoms with Gasteiger partial charge >= 0.3 is 0 Å². The van der Waals surface area contributed by atoms with Gasteiger partial charge in [-0.15, -0.1) is 12.4 Å². The maximum atomic E-state index is 10.3. The Morgan fingerprint density at radius 1 is 1.55 bits per heavy atom. The standard InChI is InChI=1S/C5H11NO3S.ClH/c7-10(8,9)4-5-1-2-6-3-5;/h5-6H,1-4H2,(H,7,8,9);1H. The van der Waals surface area contributed by atoms with Crippen LogP contribution in [-0.4, -0.2) is 31.8 Å². The quantitative estimate of drug-likeness (QED) is 0.613. The summed E-state index contributed by atoms with van der Waals surface area (Å²) in [4.78, 5) is 0. The molecule has 11 heavy (non-hydrogen) atoms. The summed E-state index contributed by atoms with van der Waals surface area (Å²) < 4.78 is 29.1. The van der Waals surface area contributed by atoms with Crippen LogP contribution in [0.5, 0.6) is 0 Å². The summed E-state index contributed by atoms with van der Waals surface area (Å²) >= 11 is 0. The van der Waals surface area contributed by atoms with Crippen LogP contribution < -0.4 is 5.32 Å². The molecule has 4 nitrogen and oxygen atoms in total. The average Bonchev–Trinajstić information content (AvgIpc) is 2.12. The van der Waals surface area contributed by atoms with E-state index in [4.69, 9.17) is 4.55 Å². The van der Waals surface area contributed by atoms with Crippen molar-refractivity contribution < 1.29 is 13.0 Å². The van der Waals surface area contributed by atoms with Crippen LogP contribution in [0.3, 0.4) is 0 Å². The fraction of sp³-hybridized carbons (Fsp3) is 1.00. The number of hydrogen-bond donors (Lipinski definition) is 2. The van der Waals surface area contributed by atoms with Crippen molar-refractivity contribution >= 4 is 22.5 Å². The molecule has 0 aromatic carbocycles. The molecule has 68 valence electrons. The molecule has 0 saturated carbocycles. The van der Waals surface area contributed by atoms with E-state index < -0.39 is 10.1 Å². The van der Waals surface area contributed by atoms with Gasteiger partial charge in [-0.3, -0.25) is 4.55 Å². The summed E-state index contributed by atoms with van der Waals surface area (Å²) in [7, 11) is -3.75. The third-order valence-electron chi connectivity index (χ3n) is 1.61. The van der Waals surface area contributed by atoms with Gasteiger partial charge in [0.05, 0.1) is 5.75 Å². The van der Waals surface area contributed by atoms with Crippen LogP contribution in [0.4, 0.5) is 0 Å². The van der Waals surface area contributed by atoms with Gasteiger partial charge in [0.2, 0.25) is 0 Å². The van der Waals surface area contributed by atoms with Gasteiger partial charge in [0.25, 0.3) is 10.1 Å². The molecule has 0 bridgehead atoms. The third kappa shape index (κ3) is 4.58. The normalized spacial score (nSPS) is 24.6. The minimum atomic E-state index is -3.75. The Bertz CT molecular complexity index is 198. The number of rotatable bonds is 2. The Labute approximate surface area is 72.5 Å². The van der Waals surface area contributed by atoms with Crippen LogP contribution in [0.2, 0.25) is 0 Å². The number of halogens is 1. The van der Waals surface area contributed by atoms with Gasteiger partial charge in [-0.1, -0.05) is 0 Å². The molecule has 1 heterocycles. The summed E-state index contributed by atoms with van der Waals surface area (Å²) in [5, 5.41) is 3.02. The van der Waals surface area contributed by atoms with E-state index in [-0.39, 0.29) is 24.1 Å². The Morgan fingerprint density at radius 2 is 2.18 bits per heavy atom. The molecule has 6 heteroatoms. The van der Waals surface area contributed by atoms with Gasteiger partial charge in [-0.05, 0) is 25.4 Å². The zero-order chi connectivity index (χ0) is 7.61. The van der Waals surface area contributed by atoms with Crippen LogP contribution in [0.15, 0.2) is 0 Å². The van der Waals surface area contributed by atoms with Crippen molar-refractivity contribution in [2.24, 2.45) is 5.92 Å². The van der Waals surface area contributed by atoms with Gasteiger partial charge in [0, 0.05) is 0 Å². The summed E-state index contributed by atoms with van der Waals surface area (Å²) in [6.45, 7) is 1.57. The Kier molecular flexibility index (Phi) is 4.31. The highest BCUT2D eigenvalue weighted by molar-refractivity contribution is 7.85. The van der Waals surface area contributed by atoms with Gasteiger partial charge < -0.3 is 5.32 Å². The molecule has 1 rings (SSSR count). The highest BCUT2D eigenvalue weighted by Crippen LogP contribution is 2.08. The van der Waals surface area contributed by atoms with E-state index in [1.807, 2.05) is 0 Å². The number of nitrogens with one attached hydrogen (secondary N) is 1. The fourth-order valence-electron chi connectivity index (χ4n) is 1.15. The molecule has 1 unspecified atom stereocenters. The highest BCUT2D eigenvalue weighted by atomic mass is 35.5. The summed E-state index contributed by atoms with van der Waals surface area (Å²) in [5.41, 5.74) is 0. The van der Waals surface area contributed by atoms with Crippen LogP contribution in [0.1, 0.15) is 6.42 Å². The van der Waals surface area contributed by atoms with E-state index in [0.29, 0.717) is 6.54 Å². The van der Waals surface area contributed by atoms with Gasteiger partial charge in [-0.25, -0.2) is 0 Å². The summed E-state index contributed by atoms with van der Waals surface area (Å²) in [6, 6.07) is 0. The van der Waals surface area contributed by atoms with E-state index in [0.717, 1.165) is 13.0 Å². The average molecular weight is 202 g/mol. The Hall–Kier alpha value is 0.160. The predicted molar refractivity (Wildman–Crippen MR) is 44.6 cm³/mol. The molecule has 2 N–H and O–H groups in total.